The Kier molecular flexibility index (Phi) is 2.71. The maximum atomic E-state index is 11.2. The van der Waals surface area contributed by atoms with Crippen molar-refractivity contribution in [2.45, 2.75) is 40.5 Å². The van der Waals surface area contributed by atoms with Crippen LogP contribution < -0.4 is 0 Å². The van der Waals surface area contributed by atoms with Crippen LogP contribution in [-0.2, 0) is 4.79 Å². The van der Waals surface area contributed by atoms with Gasteiger partial charge in [0.25, 0.3) is 0 Å². The van der Waals surface area contributed by atoms with Gasteiger partial charge in [0.2, 0.25) is 0 Å². The summed E-state index contributed by atoms with van der Waals surface area (Å²) in [6.45, 7) is 8.22. The molecule has 1 atom stereocenters. The van der Waals surface area contributed by atoms with Crippen LogP contribution in [0.15, 0.2) is 11.1 Å². The van der Waals surface area contributed by atoms with E-state index in [4.69, 9.17) is 0 Å². The molecule has 0 saturated carbocycles. The first-order valence-electron chi connectivity index (χ1n) is 4.82. The van der Waals surface area contributed by atoms with Crippen molar-refractivity contribution in [2.75, 3.05) is 0 Å². The SMILES string of the molecule is CCCC1=C(C(C)C)C1C(C)=O. The molecule has 1 aliphatic rings. The van der Waals surface area contributed by atoms with E-state index >= 15 is 0 Å². The van der Waals surface area contributed by atoms with Gasteiger partial charge in [-0.3, -0.25) is 4.79 Å². The third kappa shape index (κ3) is 1.60. The molecule has 68 valence electrons. The van der Waals surface area contributed by atoms with E-state index in [0.717, 1.165) is 12.8 Å². The molecule has 0 aromatic rings. The van der Waals surface area contributed by atoms with E-state index in [1.807, 2.05) is 0 Å². The van der Waals surface area contributed by atoms with E-state index in [2.05, 4.69) is 20.8 Å². The van der Waals surface area contributed by atoms with E-state index in [1.54, 1.807) is 6.92 Å². The van der Waals surface area contributed by atoms with Crippen molar-refractivity contribution in [3.8, 4) is 0 Å². The highest BCUT2D eigenvalue weighted by Crippen LogP contribution is 2.47. The van der Waals surface area contributed by atoms with E-state index < -0.39 is 0 Å². The fourth-order valence-corrected chi connectivity index (χ4v) is 2.01. The summed E-state index contributed by atoms with van der Waals surface area (Å²) in [5, 5.41) is 0. The maximum Gasteiger partial charge on any atom is 0.141 e. The minimum absolute atomic E-state index is 0.241. The molecule has 0 aromatic heterocycles. The van der Waals surface area contributed by atoms with Crippen LogP contribution in [0.3, 0.4) is 0 Å². The molecule has 0 amide bonds. The summed E-state index contributed by atoms with van der Waals surface area (Å²) in [6, 6.07) is 0. The molecule has 0 aliphatic heterocycles. The first-order valence-corrected chi connectivity index (χ1v) is 4.82. The Bertz CT molecular complexity index is 223. The van der Waals surface area contributed by atoms with Gasteiger partial charge in [-0.05, 0) is 19.3 Å². The predicted molar refractivity (Wildman–Crippen MR) is 50.9 cm³/mol. The van der Waals surface area contributed by atoms with Crippen LogP contribution >= 0.6 is 0 Å². The van der Waals surface area contributed by atoms with Crippen LogP contribution in [0.2, 0.25) is 0 Å². The number of Topliss-reactive ketones (excluding diaryl/α,β-unsaturated/α-hetero) is 1. The summed E-state index contributed by atoms with van der Waals surface area (Å²) in [5.41, 5.74) is 2.85. The van der Waals surface area contributed by atoms with E-state index in [0.29, 0.717) is 11.7 Å². The summed E-state index contributed by atoms with van der Waals surface area (Å²) in [6.07, 6.45) is 2.28. The molecule has 0 bridgehead atoms. The van der Waals surface area contributed by atoms with Crippen molar-refractivity contribution in [1.82, 2.24) is 0 Å². The molecule has 0 spiro atoms. The monoisotopic (exact) mass is 166 g/mol. The second kappa shape index (κ2) is 3.42. The zero-order chi connectivity index (χ0) is 9.30. The quantitative estimate of drug-likeness (QED) is 0.587. The lowest BCUT2D eigenvalue weighted by Crippen LogP contribution is -2.00. The van der Waals surface area contributed by atoms with E-state index in [1.165, 1.54) is 11.1 Å². The Hall–Kier alpha value is -0.590. The van der Waals surface area contributed by atoms with Crippen molar-refractivity contribution in [3.63, 3.8) is 0 Å². The lowest BCUT2D eigenvalue weighted by Gasteiger charge is -1.97. The van der Waals surface area contributed by atoms with Crippen molar-refractivity contribution in [3.05, 3.63) is 11.1 Å². The van der Waals surface area contributed by atoms with Gasteiger partial charge in [0, 0.05) is 0 Å². The Morgan fingerprint density at radius 3 is 2.33 bits per heavy atom. The van der Waals surface area contributed by atoms with Crippen LogP contribution in [0.1, 0.15) is 40.5 Å². The topological polar surface area (TPSA) is 17.1 Å². The molecule has 0 heterocycles. The summed E-state index contributed by atoms with van der Waals surface area (Å²) in [7, 11) is 0. The predicted octanol–water partition coefficient (Wildman–Crippen LogP) is 2.96. The lowest BCUT2D eigenvalue weighted by atomic mass is 10.1. The van der Waals surface area contributed by atoms with Gasteiger partial charge < -0.3 is 0 Å². The molecular formula is C11H18O. The average molecular weight is 166 g/mol. The van der Waals surface area contributed by atoms with E-state index in [-0.39, 0.29) is 5.92 Å². The number of allylic oxidation sites excluding steroid dienone is 2. The van der Waals surface area contributed by atoms with Crippen molar-refractivity contribution in [1.29, 1.82) is 0 Å². The third-order valence-corrected chi connectivity index (χ3v) is 2.49. The molecule has 0 N–H and O–H groups in total. The minimum atomic E-state index is 0.241. The highest BCUT2D eigenvalue weighted by Gasteiger charge is 2.39. The zero-order valence-corrected chi connectivity index (χ0v) is 8.48. The highest BCUT2D eigenvalue weighted by molar-refractivity contribution is 5.90. The van der Waals surface area contributed by atoms with E-state index in [9.17, 15) is 4.79 Å². The molecular weight excluding hydrogens is 148 g/mol. The summed E-state index contributed by atoms with van der Waals surface area (Å²) >= 11 is 0. The Balaban J connectivity index is 2.61. The van der Waals surface area contributed by atoms with Gasteiger partial charge in [0.15, 0.2) is 0 Å². The number of rotatable bonds is 4. The fraction of sp³-hybridized carbons (Fsp3) is 0.727. The Morgan fingerprint density at radius 2 is 2.08 bits per heavy atom. The summed E-state index contributed by atoms with van der Waals surface area (Å²) < 4.78 is 0. The molecule has 1 nitrogen and oxygen atoms in total. The van der Waals surface area contributed by atoms with Crippen LogP contribution in [0.4, 0.5) is 0 Å². The van der Waals surface area contributed by atoms with Gasteiger partial charge >= 0.3 is 0 Å². The van der Waals surface area contributed by atoms with Gasteiger partial charge in [0.05, 0.1) is 5.92 Å². The van der Waals surface area contributed by atoms with Gasteiger partial charge in [-0.1, -0.05) is 38.3 Å². The smallest absolute Gasteiger partial charge is 0.141 e. The Morgan fingerprint density at radius 1 is 1.50 bits per heavy atom. The second-order valence-corrected chi connectivity index (χ2v) is 3.93. The fourth-order valence-electron chi connectivity index (χ4n) is 2.01. The van der Waals surface area contributed by atoms with Gasteiger partial charge in [-0.2, -0.15) is 0 Å². The molecule has 1 heteroatoms. The van der Waals surface area contributed by atoms with Crippen molar-refractivity contribution in [2.24, 2.45) is 11.8 Å². The average Bonchev–Trinajstić information content (AvgIpc) is 2.63. The number of hydrogen-bond donors (Lipinski definition) is 0. The highest BCUT2D eigenvalue weighted by atomic mass is 16.1. The number of ketones is 1. The number of carbonyl (C=O) groups is 1. The second-order valence-electron chi connectivity index (χ2n) is 3.93. The molecule has 1 unspecified atom stereocenters. The minimum Gasteiger partial charge on any atom is -0.299 e. The van der Waals surface area contributed by atoms with Gasteiger partial charge in [0.1, 0.15) is 5.78 Å². The molecule has 0 radical (unpaired) electrons. The molecule has 0 saturated heterocycles. The molecule has 1 aliphatic carbocycles. The normalized spacial score (nSPS) is 21.9. The van der Waals surface area contributed by atoms with Crippen LogP contribution in [0.5, 0.6) is 0 Å². The van der Waals surface area contributed by atoms with Crippen LogP contribution in [0.25, 0.3) is 0 Å². The van der Waals surface area contributed by atoms with Crippen LogP contribution in [0, 0.1) is 11.8 Å². The first-order chi connectivity index (χ1) is 5.59. The van der Waals surface area contributed by atoms with Crippen LogP contribution in [-0.4, -0.2) is 5.78 Å². The maximum absolute atomic E-state index is 11.2. The standard InChI is InChI=1S/C11H18O/c1-5-6-9-10(7(2)3)11(9)8(4)12/h7,11H,5-6H2,1-4H3. The zero-order valence-electron chi connectivity index (χ0n) is 8.48. The number of carbonyl (C=O) groups excluding carboxylic acids is 1. The van der Waals surface area contributed by atoms with Crippen molar-refractivity contribution >= 4 is 5.78 Å². The summed E-state index contributed by atoms with van der Waals surface area (Å²) in [5.74, 6) is 1.15. The van der Waals surface area contributed by atoms with Gasteiger partial charge in [-0.15, -0.1) is 0 Å². The molecule has 0 fully saturated rings. The third-order valence-electron chi connectivity index (χ3n) is 2.49. The first kappa shape index (κ1) is 9.50. The lowest BCUT2D eigenvalue weighted by molar-refractivity contribution is -0.117. The van der Waals surface area contributed by atoms with Crippen molar-refractivity contribution < 1.29 is 4.79 Å². The summed E-state index contributed by atoms with van der Waals surface area (Å²) in [4.78, 5) is 11.2. The number of hydrogen-bond acceptors (Lipinski definition) is 1. The van der Waals surface area contributed by atoms with Gasteiger partial charge in [-0.25, -0.2) is 0 Å². The Labute approximate surface area is 74.9 Å². The molecule has 12 heavy (non-hydrogen) atoms. The molecule has 1 rings (SSSR count). The molecule has 0 aromatic carbocycles. The largest absolute Gasteiger partial charge is 0.299 e.